The summed E-state index contributed by atoms with van der Waals surface area (Å²) in [5.74, 6) is 1.04. The highest BCUT2D eigenvalue weighted by molar-refractivity contribution is 5.74. The maximum absolute atomic E-state index is 12.4. The lowest BCUT2D eigenvalue weighted by Crippen LogP contribution is -2.48. The summed E-state index contributed by atoms with van der Waals surface area (Å²) in [6.45, 7) is 3.07. The monoisotopic (exact) mass is 368 g/mol. The van der Waals surface area contributed by atoms with Gasteiger partial charge in [0.15, 0.2) is 0 Å². The Morgan fingerprint density at radius 3 is 2.59 bits per heavy atom. The summed E-state index contributed by atoms with van der Waals surface area (Å²) in [6, 6.07) is 11.9. The lowest BCUT2D eigenvalue weighted by atomic mass is 10.0. The number of nitrogens with one attached hydrogen (secondary N) is 2. The molecule has 0 unspecified atom stereocenters. The minimum atomic E-state index is -0.115. The molecule has 2 N–H and O–H groups in total. The molecule has 2 aromatic rings. The van der Waals surface area contributed by atoms with E-state index in [1.54, 1.807) is 12.4 Å². The fraction of sp³-hybridized carbons (Fsp3) is 0.450. The summed E-state index contributed by atoms with van der Waals surface area (Å²) in [5, 5.41) is 6.12. The number of benzene rings is 1. The van der Waals surface area contributed by atoms with Crippen LogP contribution in [0.4, 0.5) is 10.7 Å². The summed E-state index contributed by atoms with van der Waals surface area (Å²) < 4.78 is 0. The zero-order valence-electron chi connectivity index (χ0n) is 16.0. The van der Waals surface area contributed by atoms with E-state index in [0.29, 0.717) is 19.0 Å². The second-order valence-corrected chi connectivity index (χ2v) is 7.22. The third kappa shape index (κ3) is 5.65. The van der Waals surface area contributed by atoms with Crippen molar-refractivity contribution in [3.8, 4) is 0 Å². The highest BCUT2D eigenvalue weighted by atomic mass is 16.2. The lowest BCUT2D eigenvalue weighted by Gasteiger charge is -2.22. The molecular formula is C20H28N6O. The summed E-state index contributed by atoms with van der Waals surface area (Å²) >= 11 is 0. The van der Waals surface area contributed by atoms with E-state index in [0.717, 1.165) is 25.5 Å². The number of hydrogen-bond donors (Lipinski definition) is 2. The average molecular weight is 368 g/mol. The second kappa shape index (κ2) is 9.32. The van der Waals surface area contributed by atoms with E-state index in [2.05, 4.69) is 56.6 Å². The van der Waals surface area contributed by atoms with E-state index in [1.165, 1.54) is 5.56 Å². The van der Waals surface area contributed by atoms with E-state index in [4.69, 9.17) is 0 Å². The number of aromatic nitrogens is 2. The minimum absolute atomic E-state index is 0.0629. The predicted octanol–water partition coefficient (Wildman–Crippen LogP) is 1.38. The lowest BCUT2D eigenvalue weighted by molar-refractivity contribution is 0.231. The fourth-order valence-corrected chi connectivity index (χ4v) is 3.49. The van der Waals surface area contributed by atoms with Crippen molar-refractivity contribution >= 4 is 12.0 Å². The van der Waals surface area contributed by atoms with Gasteiger partial charge in [0, 0.05) is 44.5 Å². The van der Waals surface area contributed by atoms with Gasteiger partial charge in [-0.2, -0.15) is 0 Å². The quantitative estimate of drug-likeness (QED) is 0.773. The Hall–Kier alpha value is -2.67. The van der Waals surface area contributed by atoms with Gasteiger partial charge in [-0.15, -0.1) is 0 Å². The van der Waals surface area contributed by atoms with Crippen LogP contribution in [0.5, 0.6) is 0 Å². The maximum Gasteiger partial charge on any atom is 0.315 e. The van der Waals surface area contributed by atoms with Crippen molar-refractivity contribution in [2.24, 2.45) is 5.92 Å². The van der Waals surface area contributed by atoms with Crippen LogP contribution < -0.4 is 15.5 Å². The fourth-order valence-electron chi connectivity index (χ4n) is 3.49. The van der Waals surface area contributed by atoms with Gasteiger partial charge in [-0.1, -0.05) is 30.3 Å². The van der Waals surface area contributed by atoms with Gasteiger partial charge in [-0.05, 0) is 32.1 Å². The summed E-state index contributed by atoms with van der Waals surface area (Å²) in [5.41, 5.74) is 1.22. The molecule has 0 saturated carbocycles. The van der Waals surface area contributed by atoms with Crippen LogP contribution in [0, 0.1) is 5.92 Å². The van der Waals surface area contributed by atoms with Crippen LogP contribution in [0.25, 0.3) is 0 Å². The van der Waals surface area contributed by atoms with E-state index in [9.17, 15) is 4.79 Å². The van der Waals surface area contributed by atoms with Crippen molar-refractivity contribution < 1.29 is 4.79 Å². The number of urea groups is 1. The molecule has 0 aliphatic carbocycles. The molecule has 7 heteroatoms. The Balaban J connectivity index is 1.53. The van der Waals surface area contributed by atoms with Gasteiger partial charge in [0.05, 0.1) is 6.04 Å². The van der Waals surface area contributed by atoms with Crippen LogP contribution in [-0.2, 0) is 6.42 Å². The number of hydrogen-bond acceptors (Lipinski definition) is 5. The van der Waals surface area contributed by atoms with Crippen molar-refractivity contribution in [2.75, 3.05) is 45.2 Å². The van der Waals surface area contributed by atoms with Gasteiger partial charge in [0.25, 0.3) is 0 Å². The largest absolute Gasteiger partial charge is 0.338 e. The van der Waals surface area contributed by atoms with E-state index >= 15 is 0 Å². The molecule has 144 valence electrons. The van der Waals surface area contributed by atoms with Crippen LogP contribution >= 0.6 is 0 Å². The normalized spacial score (nSPS) is 19.3. The molecule has 7 nitrogen and oxygen atoms in total. The average Bonchev–Trinajstić information content (AvgIpc) is 3.05. The van der Waals surface area contributed by atoms with Crippen molar-refractivity contribution in [2.45, 2.75) is 12.5 Å². The number of carbonyl (C=O) groups excluding carboxylic acids is 1. The molecule has 0 radical (unpaired) electrons. The highest BCUT2D eigenvalue weighted by Crippen LogP contribution is 2.21. The Labute approximate surface area is 160 Å². The first-order valence-corrected chi connectivity index (χ1v) is 9.37. The second-order valence-electron chi connectivity index (χ2n) is 7.22. The van der Waals surface area contributed by atoms with Gasteiger partial charge in [-0.25, -0.2) is 14.8 Å². The maximum atomic E-state index is 12.4. The summed E-state index contributed by atoms with van der Waals surface area (Å²) in [4.78, 5) is 25.4. The molecule has 2 atom stereocenters. The van der Waals surface area contributed by atoms with Crippen LogP contribution in [-0.4, -0.2) is 67.2 Å². The Morgan fingerprint density at radius 1 is 1.15 bits per heavy atom. The third-order valence-electron chi connectivity index (χ3n) is 4.73. The molecule has 0 spiro atoms. The summed E-state index contributed by atoms with van der Waals surface area (Å²) in [7, 11) is 4.11. The Kier molecular flexibility index (Phi) is 6.59. The zero-order chi connectivity index (χ0) is 19.1. The number of carbonyl (C=O) groups is 1. The van der Waals surface area contributed by atoms with Crippen LogP contribution in [0.15, 0.2) is 48.8 Å². The molecule has 1 saturated heterocycles. The number of rotatable bonds is 7. The van der Waals surface area contributed by atoms with E-state index in [1.807, 2.05) is 24.3 Å². The molecule has 1 fully saturated rings. The summed E-state index contributed by atoms with van der Waals surface area (Å²) in [6.07, 6.45) is 4.32. The van der Waals surface area contributed by atoms with Crippen LogP contribution in [0.1, 0.15) is 5.56 Å². The number of anilines is 1. The zero-order valence-corrected chi connectivity index (χ0v) is 16.0. The van der Waals surface area contributed by atoms with Crippen molar-refractivity contribution in [3.63, 3.8) is 0 Å². The predicted molar refractivity (Wildman–Crippen MR) is 107 cm³/mol. The molecule has 1 aliphatic heterocycles. The molecule has 3 rings (SSSR count). The number of amides is 2. The van der Waals surface area contributed by atoms with E-state index < -0.39 is 0 Å². The Morgan fingerprint density at radius 2 is 1.89 bits per heavy atom. The first kappa shape index (κ1) is 19.1. The van der Waals surface area contributed by atoms with E-state index in [-0.39, 0.29) is 12.1 Å². The molecular weight excluding hydrogens is 340 g/mol. The smallest absolute Gasteiger partial charge is 0.315 e. The SMILES string of the molecule is CN(C)C[C@@H]1CN(c2ncccn2)C[C@H]1NC(=O)NCCc1ccccc1. The van der Waals surface area contributed by atoms with Crippen molar-refractivity contribution in [1.29, 1.82) is 0 Å². The standard InChI is InChI=1S/C20H28N6O/c1-25(2)13-17-14-26(19-21-10-6-11-22-19)15-18(17)24-20(27)23-12-9-16-7-4-3-5-8-16/h3-8,10-11,17-18H,9,12-15H2,1-2H3,(H2,23,24,27)/t17-,18-/m1/s1. The van der Waals surface area contributed by atoms with Gasteiger partial charge < -0.3 is 20.4 Å². The molecule has 27 heavy (non-hydrogen) atoms. The molecule has 0 bridgehead atoms. The minimum Gasteiger partial charge on any atom is -0.338 e. The third-order valence-corrected chi connectivity index (χ3v) is 4.73. The van der Waals surface area contributed by atoms with Gasteiger partial charge in [0.1, 0.15) is 0 Å². The van der Waals surface area contributed by atoms with Crippen LogP contribution in [0.3, 0.4) is 0 Å². The Bertz CT molecular complexity index is 709. The van der Waals surface area contributed by atoms with Crippen molar-refractivity contribution in [1.82, 2.24) is 25.5 Å². The molecule has 1 aromatic carbocycles. The molecule has 2 amide bonds. The molecule has 1 aromatic heterocycles. The molecule has 1 aliphatic rings. The first-order valence-electron chi connectivity index (χ1n) is 9.37. The van der Waals surface area contributed by atoms with Crippen molar-refractivity contribution in [3.05, 3.63) is 54.4 Å². The molecule has 2 heterocycles. The highest BCUT2D eigenvalue weighted by Gasteiger charge is 2.35. The first-order chi connectivity index (χ1) is 13.1. The van der Waals surface area contributed by atoms with Gasteiger partial charge >= 0.3 is 6.03 Å². The van der Waals surface area contributed by atoms with Gasteiger partial charge in [0.2, 0.25) is 5.95 Å². The van der Waals surface area contributed by atoms with Gasteiger partial charge in [-0.3, -0.25) is 0 Å². The topological polar surface area (TPSA) is 73.4 Å². The van der Waals surface area contributed by atoms with Crippen LogP contribution in [0.2, 0.25) is 0 Å². The number of nitrogens with zero attached hydrogens (tertiary/aromatic N) is 4.